The predicted octanol–water partition coefficient (Wildman–Crippen LogP) is 2.85. The molecule has 1 aliphatic carbocycles. The van der Waals surface area contributed by atoms with Gasteiger partial charge in [-0.2, -0.15) is 0 Å². The summed E-state index contributed by atoms with van der Waals surface area (Å²) in [6, 6.07) is 0. The Kier molecular flexibility index (Phi) is 3.30. The van der Waals surface area contributed by atoms with Crippen molar-refractivity contribution in [2.24, 2.45) is 0 Å². The van der Waals surface area contributed by atoms with E-state index >= 15 is 0 Å². The first kappa shape index (κ1) is 9.27. The molecule has 0 radical (unpaired) electrons. The van der Waals surface area contributed by atoms with E-state index in [1.54, 1.807) is 7.11 Å². The zero-order valence-electron chi connectivity index (χ0n) is 8.00. The molecule has 0 spiro atoms. The molecule has 1 rings (SSSR count). The van der Waals surface area contributed by atoms with Gasteiger partial charge < -0.3 is 4.74 Å². The van der Waals surface area contributed by atoms with Gasteiger partial charge in [-0.1, -0.05) is 35.5 Å². The fourth-order valence-corrected chi connectivity index (χ4v) is 1.21. The van der Waals surface area contributed by atoms with Gasteiger partial charge in [0, 0.05) is 7.11 Å². The summed E-state index contributed by atoms with van der Waals surface area (Å²) in [5, 5.41) is 0. The monoisotopic (exact) mass is 164 g/mol. The van der Waals surface area contributed by atoms with Gasteiger partial charge in [0.2, 0.25) is 0 Å². The number of methoxy groups -OCH3 is 1. The zero-order valence-corrected chi connectivity index (χ0v) is 8.00. The van der Waals surface area contributed by atoms with E-state index in [4.69, 9.17) is 4.74 Å². The van der Waals surface area contributed by atoms with Gasteiger partial charge in [-0.3, -0.25) is 0 Å². The minimum Gasteiger partial charge on any atom is -0.377 e. The highest BCUT2D eigenvalue weighted by Gasteiger charge is 2.02. The van der Waals surface area contributed by atoms with Crippen LogP contribution in [0.5, 0.6) is 0 Å². The molecule has 0 saturated heterocycles. The third-order valence-corrected chi connectivity index (χ3v) is 2.03. The van der Waals surface area contributed by atoms with E-state index in [9.17, 15) is 0 Å². The number of rotatable bonds is 1. The smallest absolute Gasteiger partial charge is 0.0792 e. The van der Waals surface area contributed by atoms with Gasteiger partial charge in [0.15, 0.2) is 0 Å². The van der Waals surface area contributed by atoms with E-state index in [2.05, 4.69) is 38.2 Å². The van der Waals surface area contributed by atoms with Gasteiger partial charge in [0.25, 0.3) is 0 Å². The molecule has 12 heavy (non-hydrogen) atoms. The van der Waals surface area contributed by atoms with Gasteiger partial charge >= 0.3 is 0 Å². The van der Waals surface area contributed by atoms with E-state index in [0.29, 0.717) is 0 Å². The summed E-state index contributed by atoms with van der Waals surface area (Å²) in [7, 11) is 1.75. The molecule has 0 bridgehead atoms. The molecule has 0 aromatic heterocycles. The van der Waals surface area contributed by atoms with Crippen molar-refractivity contribution >= 4 is 0 Å². The Morgan fingerprint density at radius 1 is 1.25 bits per heavy atom. The minimum absolute atomic E-state index is 0.241. The Hall–Kier alpha value is -0.820. The van der Waals surface area contributed by atoms with Crippen LogP contribution in [0.15, 0.2) is 35.5 Å². The summed E-state index contributed by atoms with van der Waals surface area (Å²) in [6.45, 7) is 4.21. The number of hydrogen-bond donors (Lipinski definition) is 0. The fourth-order valence-electron chi connectivity index (χ4n) is 1.21. The molecule has 1 aliphatic rings. The molecule has 1 nitrogen and oxygen atoms in total. The Labute approximate surface area is 74.4 Å². The molecule has 0 aliphatic heterocycles. The van der Waals surface area contributed by atoms with E-state index in [1.165, 1.54) is 11.1 Å². The lowest BCUT2D eigenvalue weighted by molar-refractivity contribution is 0.143. The van der Waals surface area contributed by atoms with E-state index in [1.807, 2.05) is 0 Å². The Bertz CT molecular complexity index is 233. The molecule has 0 fully saturated rings. The molecule has 0 heterocycles. The SMILES string of the molecule is COC1C=C(C)C=CC(C)=CC1. The Morgan fingerprint density at radius 2 is 1.92 bits per heavy atom. The molecule has 1 atom stereocenters. The molecule has 66 valence electrons. The average molecular weight is 164 g/mol. The maximum atomic E-state index is 5.29. The summed E-state index contributed by atoms with van der Waals surface area (Å²) < 4.78 is 5.29. The summed E-state index contributed by atoms with van der Waals surface area (Å²) in [4.78, 5) is 0. The van der Waals surface area contributed by atoms with Crippen LogP contribution < -0.4 is 0 Å². The van der Waals surface area contributed by atoms with Gasteiger partial charge in [0.05, 0.1) is 6.10 Å². The van der Waals surface area contributed by atoms with Crippen LogP contribution in [-0.2, 0) is 4.74 Å². The highest BCUT2D eigenvalue weighted by Crippen LogP contribution is 2.12. The van der Waals surface area contributed by atoms with E-state index in [0.717, 1.165) is 6.42 Å². The first-order chi connectivity index (χ1) is 5.72. The molecule has 0 amide bonds. The maximum Gasteiger partial charge on any atom is 0.0792 e. The second-order valence-electron chi connectivity index (χ2n) is 3.20. The van der Waals surface area contributed by atoms with Crippen LogP contribution in [0.4, 0.5) is 0 Å². The largest absolute Gasteiger partial charge is 0.377 e. The normalized spacial score (nSPS) is 24.1. The summed E-state index contributed by atoms with van der Waals surface area (Å²) >= 11 is 0. The van der Waals surface area contributed by atoms with Crippen molar-refractivity contribution in [2.45, 2.75) is 26.4 Å². The molecule has 0 aromatic carbocycles. The highest BCUT2D eigenvalue weighted by atomic mass is 16.5. The summed E-state index contributed by atoms with van der Waals surface area (Å²) in [5.74, 6) is 0. The van der Waals surface area contributed by atoms with Gasteiger partial charge in [0.1, 0.15) is 0 Å². The second-order valence-corrected chi connectivity index (χ2v) is 3.20. The zero-order chi connectivity index (χ0) is 8.97. The third-order valence-electron chi connectivity index (χ3n) is 2.03. The van der Waals surface area contributed by atoms with Crippen molar-refractivity contribution in [3.63, 3.8) is 0 Å². The average Bonchev–Trinajstić information content (AvgIpc) is 2.06. The van der Waals surface area contributed by atoms with Crippen molar-refractivity contribution in [3.8, 4) is 0 Å². The molecule has 0 aromatic rings. The molecule has 0 saturated carbocycles. The number of allylic oxidation sites excluding steroid dienone is 4. The number of ether oxygens (including phenoxy) is 1. The van der Waals surface area contributed by atoms with Crippen LogP contribution in [0.1, 0.15) is 20.3 Å². The topological polar surface area (TPSA) is 9.23 Å². The Balaban J connectivity index is 2.80. The van der Waals surface area contributed by atoms with E-state index in [-0.39, 0.29) is 6.10 Å². The van der Waals surface area contributed by atoms with Crippen LogP contribution in [0.2, 0.25) is 0 Å². The summed E-state index contributed by atoms with van der Waals surface area (Å²) in [6.07, 6.45) is 9.83. The molecule has 0 N–H and O–H groups in total. The maximum absolute atomic E-state index is 5.29. The lowest BCUT2D eigenvalue weighted by Gasteiger charge is -2.11. The van der Waals surface area contributed by atoms with Crippen LogP contribution >= 0.6 is 0 Å². The quantitative estimate of drug-likeness (QED) is 0.579. The minimum atomic E-state index is 0.241. The van der Waals surface area contributed by atoms with E-state index < -0.39 is 0 Å². The van der Waals surface area contributed by atoms with Gasteiger partial charge in [-0.25, -0.2) is 0 Å². The van der Waals surface area contributed by atoms with Crippen molar-refractivity contribution < 1.29 is 4.74 Å². The first-order valence-electron chi connectivity index (χ1n) is 4.28. The lowest BCUT2D eigenvalue weighted by Crippen LogP contribution is -2.06. The Morgan fingerprint density at radius 3 is 2.58 bits per heavy atom. The van der Waals surface area contributed by atoms with Crippen LogP contribution in [-0.4, -0.2) is 13.2 Å². The lowest BCUT2D eigenvalue weighted by atomic mass is 10.1. The third kappa shape index (κ3) is 2.67. The van der Waals surface area contributed by atoms with Crippen molar-refractivity contribution in [3.05, 3.63) is 35.5 Å². The second kappa shape index (κ2) is 4.27. The number of hydrogen-bond acceptors (Lipinski definition) is 1. The van der Waals surface area contributed by atoms with Crippen molar-refractivity contribution in [1.82, 2.24) is 0 Å². The van der Waals surface area contributed by atoms with Crippen LogP contribution in [0, 0.1) is 0 Å². The molecular weight excluding hydrogens is 148 g/mol. The highest BCUT2D eigenvalue weighted by molar-refractivity contribution is 5.28. The van der Waals surface area contributed by atoms with Crippen LogP contribution in [0.3, 0.4) is 0 Å². The first-order valence-corrected chi connectivity index (χ1v) is 4.28. The van der Waals surface area contributed by atoms with Crippen molar-refractivity contribution in [2.75, 3.05) is 7.11 Å². The van der Waals surface area contributed by atoms with Gasteiger partial charge in [-0.15, -0.1) is 0 Å². The van der Waals surface area contributed by atoms with Gasteiger partial charge in [-0.05, 0) is 20.3 Å². The van der Waals surface area contributed by atoms with Crippen LogP contribution in [0.25, 0.3) is 0 Å². The molecule has 1 heteroatoms. The predicted molar refractivity (Wildman–Crippen MR) is 52.1 cm³/mol. The fraction of sp³-hybridized carbons (Fsp3) is 0.455. The van der Waals surface area contributed by atoms with Crippen molar-refractivity contribution in [1.29, 1.82) is 0 Å². The molecule has 1 unspecified atom stereocenters. The standard InChI is InChI=1S/C11H16O/c1-9-4-5-10(2)8-11(12-3)7-6-9/h4-6,8,11H,7H2,1-3H3. The summed E-state index contributed by atoms with van der Waals surface area (Å²) in [5.41, 5.74) is 2.58. The molecular formula is C11H16O.